The summed E-state index contributed by atoms with van der Waals surface area (Å²) in [6.07, 6.45) is 3.89. The number of benzene rings is 1. The summed E-state index contributed by atoms with van der Waals surface area (Å²) in [5.74, 6) is 2.62. The summed E-state index contributed by atoms with van der Waals surface area (Å²) < 4.78 is 7.89. The lowest BCUT2D eigenvalue weighted by Gasteiger charge is -2.35. The zero-order valence-electron chi connectivity index (χ0n) is 15.3. The highest BCUT2D eigenvalue weighted by Gasteiger charge is 2.26. The van der Waals surface area contributed by atoms with Crippen LogP contribution >= 0.6 is 12.4 Å². The van der Waals surface area contributed by atoms with Crippen LogP contribution in [0.4, 0.5) is 0 Å². The van der Waals surface area contributed by atoms with Crippen LogP contribution < -0.4 is 10.1 Å². The molecule has 1 atom stereocenters. The quantitative estimate of drug-likeness (QED) is 0.855. The van der Waals surface area contributed by atoms with Crippen molar-refractivity contribution in [1.82, 2.24) is 19.8 Å². The fourth-order valence-electron chi connectivity index (χ4n) is 3.08. The van der Waals surface area contributed by atoms with Crippen molar-refractivity contribution in [3.63, 3.8) is 0 Å². The van der Waals surface area contributed by atoms with Crippen molar-refractivity contribution in [3.05, 3.63) is 48.0 Å². The Hall–Kier alpha value is -1.56. The number of rotatable bonds is 6. The molecular weight excluding hydrogens is 336 g/mol. The molecule has 1 aliphatic rings. The summed E-state index contributed by atoms with van der Waals surface area (Å²) in [4.78, 5) is 7.05. The number of aryl methyl sites for hydroxylation is 1. The molecule has 3 rings (SSSR count). The number of nitrogens with zero attached hydrogens (tertiary/aromatic N) is 3. The molecule has 0 spiro atoms. The van der Waals surface area contributed by atoms with Crippen molar-refractivity contribution >= 4 is 12.4 Å². The zero-order chi connectivity index (χ0) is 16.9. The van der Waals surface area contributed by atoms with E-state index in [-0.39, 0.29) is 12.4 Å². The third-order valence-electron chi connectivity index (χ3n) is 4.40. The molecule has 1 fully saturated rings. The molecular formula is C19H29ClN4O. The Morgan fingerprint density at radius 1 is 1.28 bits per heavy atom. The van der Waals surface area contributed by atoms with Crippen LogP contribution in [0.3, 0.4) is 0 Å². The Morgan fingerprint density at radius 3 is 2.68 bits per heavy atom. The summed E-state index contributed by atoms with van der Waals surface area (Å²) in [5, 5.41) is 3.49. The molecule has 138 valence electrons. The molecule has 0 amide bonds. The summed E-state index contributed by atoms with van der Waals surface area (Å²) >= 11 is 0. The Bertz CT molecular complexity index is 641. The van der Waals surface area contributed by atoms with Gasteiger partial charge in [-0.15, -0.1) is 12.4 Å². The van der Waals surface area contributed by atoms with Crippen molar-refractivity contribution in [1.29, 1.82) is 0 Å². The standard InChI is InChI=1S/C19H28N4O.ClH/c1-15(2)14-24-17-6-4-16(5-7-17)13-23-11-8-20-12-18(23)19-21-9-10-22(19)3;/h4-7,9-10,15,18,20H,8,11-14H2,1-3H3;1H. The molecule has 2 aromatic rings. The molecule has 1 N–H and O–H groups in total. The highest BCUT2D eigenvalue weighted by atomic mass is 35.5. The molecule has 1 unspecified atom stereocenters. The molecule has 5 nitrogen and oxygen atoms in total. The number of nitrogens with one attached hydrogen (secondary N) is 1. The maximum absolute atomic E-state index is 5.77. The summed E-state index contributed by atoms with van der Waals surface area (Å²) in [5.41, 5.74) is 1.31. The topological polar surface area (TPSA) is 42.3 Å². The van der Waals surface area contributed by atoms with Gasteiger partial charge < -0.3 is 14.6 Å². The van der Waals surface area contributed by atoms with Gasteiger partial charge in [0.1, 0.15) is 11.6 Å². The molecule has 6 heteroatoms. The van der Waals surface area contributed by atoms with E-state index < -0.39 is 0 Å². The first-order valence-electron chi connectivity index (χ1n) is 8.77. The van der Waals surface area contributed by atoms with E-state index >= 15 is 0 Å². The Morgan fingerprint density at radius 2 is 2.04 bits per heavy atom. The minimum atomic E-state index is 0. The number of imidazole rings is 1. The molecule has 0 aliphatic carbocycles. The predicted molar refractivity (Wildman–Crippen MR) is 103 cm³/mol. The van der Waals surface area contributed by atoms with Crippen LogP contribution in [-0.4, -0.2) is 40.7 Å². The lowest BCUT2D eigenvalue weighted by atomic mass is 10.1. The normalized spacial score (nSPS) is 18.2. The van der Waals surface area contributed by atoms with Crippen LogP contribution in [0.1, 0.15) is 31.3 Å². The highest BCUT2D eigenvalue weighted by Crippen LogP contribution is 2.23. The minimum Gasteiger partial charge on any atom is -0.493 e. The first-order chi connectivity index (χ1) is 11.6. The zero-order valence-corrected chi connectivity index (χ0v) is 16.1. The van der Waals surface area contributed by atoms with E-state index in [4.69, 9.17) is 4.74 Å². The summed E-state index contributed by atoms with van der Waals surface area (Å²) in [6.45, 7) is 9.02. The number of piperazine rings is 1. The number of hydrogen-bond donors (Lipinski definition) is 1. The molecule has 1 aliphatic heterocycles. The molecule has 0 radical (unpaired) electrons. The van der Waals surface area contributed by atoms with Gasteiger partial charge in [0.15, 0.2) is 0 Å². The summed E-state index contributed by atoms with van der Waals surface area (Å²) in [6, 6.07) is 8.82. The van der Waals surface area contributed by atoms with E-state index in [0.29, 0.717) is 12.0 Å². The Kier molecular flexibility index (Phi) is 7.29. The molecule has 25 heavy (non-hydrogen) atoms. The molecule has 0 saturated carbocycles. The number of aromatic nitrogens is 2. The van der Waals surface area contributed by atoms with Crippen molar-refractivity contribution in [2.24, 2.45) is 13.0 Å². The fraction of sp³-hybridized carbons (Fsp3) is 0.526. The highest BCUT2D eigenvalue weighted by molar-refractivity contribution is 5.85. The number of halogens is 1. The van der Waals surface area contributed by atoms with Crippen molar-refractivity contribution in [3.8, 4) is 5.75 Å². The number of ether oxygens (including phenoxy) is 1. The van der Waals surface area contributed by atoms with Crippen molar-refractivity contribution in [2.75, 3.05) is 26.2 Å². The SMILES string of the molecule is CC(C)COc1ccc(CN2CCNCC2c2nccn2C)cc1.Cl. The van der Waals surface area contributed by atoms with Crippen molar-refractivity contribution < 1.29 is 4.74 Å². The predicted octanol–water partition coefficient (Wildman–Crippen LogP) is 3.02. The van der Waals surface area contributed by atoms with Crippen LogP contribution in [0.25, 0.3) is 0 Å². The van der Waals surface area contributed by atoms with Gasteiger partial charge in [-0.25, -0.2) is 4.98 Å². The van der Waals surface area contributed by atoms with Gasteiger partial charge >= 0.3 is 0 Å². The third-order valence-corrected chi connectivity index (χ3v) is 4.40. The second kappa shape index (κ2) is 9.22. The van der Waals surface area contributed by atoms with Crippen LogP contribution in [-0.2, 0) is 13.6 Å². The van der Waals surface area contributed by atoms with Crippen molar-refractivity contribution in [2.45, 2.75) is 26.4 Å². The monoisotopic (exact) mass is 364 g/mol. The second-order valence-electron chi connectivity index (χ2n) is 6.94. The largest absolute Gasteiger partial charge is 0.493 e. The molecule has 2 heterocycles. The summed E-state index contributed by atoms with van der Waals surface area (Å²) in [7, 11) is 2.07. The van der Waals surface area contributed by atoms with E-state index in [1.807, 2.05) is 12.4 Å². The van der Waals surface area contributed by atoms with E-state index in [0.717, 1.165) is 44.4 Å². The first-order valence-corrected chi connectivity index (χ1v) is 8.77. The fourth-order valence-corrected chi connectivity index (χ4v) is 3.08. The van der Waals surface area contributed by atoms with Crippen LogP contribution in [0.5, 0.6) is 5.75 Å². The molecule has 1 aromatic heterocycles. The van der Waals surface area contributed by atoms with Gasteiger partial charge in [-0.2, -0.15) is 0 Å². The smallest absolute Gasteiger partial charge is 0.127 e. The van der Waals surface area contributed by atoms with Gasteiger partial charge in [0, 0.05) is 45.6 Å². The van der Waals surface area contributed by atoms with Gasteiger partial charge in [0.25, 0.3) is 0 Å². The third kappa shape index (κ3) is 5.21. The van der Waals surface area contributed by atoms with E-state index in [2.05, 4.69) is 64.9 Å². The van der Waals surface area contributed by atoms with Crippen LogP contribution in [0, 0.1) is 5.92 Å². The van der Waals surface area contributed by atoms with E-state index in [1.54, 1.807) is 0 Å². The molecule has 1 saturated heterocycles. The lowest BCUT2D eigenvalue weighted by Crippen LogP contribution is -2.46. The van der Waals surface area contributed by atoms with Gasteiger partial charge in [0.2, 0.25) is 0 Å². The molecule has 1 aromatic carbocycles. The van der Waals surface area contributed by atoms with Gasteiger partial charge in [-0.1, -0.05) is 26.0 Å². The van der Waals surface area contributed by atoms with Crippen LogP contribution in [0.15, 0.2) is 36.7 Å². The Balaban J connectivity index is 0.00000225. The number of hydrogen-bond acceptors (Lipinski definition) is 4. The average Bonchev–Trinajstić information content (AvgIpc) is 3.00. The lowest BCUT2D eigenvalue weighted by molar-refractivity contribution is 0.144. The molecule has 0 bridgehead atoms. The van der Waals surface area contributed by atoms with Gasteiger partial charge in [-0.3, -0.25) is 4.90 Å². The minimum absolute atomic E-state index is 0. The van der Waals surface area contributed by atoms with Gasteiger partial charge in [0.05, 0.1) is 12.6 Å². The van der Waals surface area contributed by atoms with Gasteiger partial charge in [-0.05, 0) is 23.6 Å². The maximum Gasteiger partial charge on any atom is 0.127 e. The Labute approximate surface area is 156 Å². The average molecular weight is 365 g/mol. The van der Waals surface area contributed by atoms with E-state index in [9.17, 15) is 0 Å². The first kappa shape index (κ1) is 19.8. The maximum atomic E-state index is 5.77. The second-order valence-corrected chi connectivity index (χ2v) is 6.94. The van der Waals surface area contributed by atoms with E-state index in [1.165, 1.54) is 5.56 Å². The van der Waals surface area contributed by atoms with Crippen LogP contribution in [0.2, 0.25) is 0 Å².